The van der Waals surface area contributed by atoms with E-state index in [0.29, 0.717) is 6.04 Å². The maximum atomic E-state index is 6.23. The predicted octanol–water partition coefficient (Wildman–Crippen LogP) is 4.94. The third-order valence-electron chi connectivity index (χ3n) is 3.42. The summed E-state index contributed by atoms with van der Waals surface area (Å²) in [6.45, 7) is 5.51. The molecule has 2 aromatic carbocycles. The van der Waals surface area contributed by atoms with Crippen molar-refractivity contribution in [1.82, 2.24) is 5.32 Å². The summed E-state index contributed by atoms with van der Waals surface area (Å²) in [6.07, 6.45) is 2.23. The van der Waals surface area contributed by atoms with E-state index < -0.39 is 0 Å². The molecule has 0 bridgehead atoms. The van der Waals surface area contributed by atoms with E-state index in [-0.39, 0.29) is 0 Å². The molecular formula is C18H22ClN. The number of nitrogens with one attached hydrogen (secondary N) is 1. The molecule has 0 aliphatic rings. The van der Waals surface area contributed by atoms with Gasteiger partial charge < -0.3 is 5.32 Å². The first kappa shape index (κ1) is 15.1. The van der Waals surface area contributed by atoms with Gasteiger partial charge in [0.2, 0.25) is 0 Å². The first-order chi connectivity index (χ1) is 9.70. The highest BCUT2D eigenvalue weighted by atomic mass is 35.5. The average molecular weight is 288 g/mol. The van der Waals surface area contributed by atoms with Crippen molar-refractivity contribution >= 4 is 11.6 Å². The minimum atomic E-state index is 0.515. The van der Waals surface area contributed by atoms with Crippen molar-refractivity contribution in [2.45, 2.75) is 32.7 Å². The van der Waals surface area contributed by atoms with Crippen LogP contribution in [0.4, 0.5) is 0 Å². The van der Waals surface area contributed by atoms with Gasteiger partial charge in [-0.2, -0.15) is 0 Å². The largest absolute Gasteiger partial charge is 0.314 e. The molecule has 0 heterocycles. The Bertz CT molecular complexity index is 533. The van der Waals surface area contributed by atoms with Gasteiger partial charge in [0.15, 0.2) is 0 Å². The van der Waals surface area contributed by atoms with Gasteiger partial charge in [0.1, 0.15) is 0 Å². The fraction of sp³-hybridized carbons (Fsp3) is 0.333. The molecular weight excluding hydrogens is 266 g/mol. The summed E-state index contributed by atoms with van der Waals surface area (Å²) in [7, 11) is 0. The van der Waals surface area contributed by atoms with Crippen LogP contribution in [0.2, 0.25) is 5.02 Å². The minimum Gasteiger partial charge on any atom is -0.314 e. The summed E-state index contributed by atoms with van der Waals surface area (Å²) >= 11 is 6.23. The molecule has 106 valence electrons. The highest BCUT2D eigenvalue weighted by molar-refractivity contribution is 6.33. The molecule has 0 fully saturated rings. The van der Waals surface area contributed by atoms with E-state index in [2.05, 4.69) is 49.5 Å². The Hall–Kier alpha value is -1.31. The zero-order valence-electron chi connectivity index (χ0n) is 12.2. The predicted molar refractivity (Wildman–Crippen MR) is 88.3 cm³/mol. The maximum absolute atomic E-state index is 6.23. The summed E-state index contributed by atoms with van der Waals surface area (Å²) in [4.78, 5) is 0. The molecule has 0 aliphatic heterocycles. The van der Waals surface area contributed by atoms with Crippen LogP contribution in [-0.2, 0) is 6.42 Å². The molecule has 0 saturated carbocycles. The lowest BCUT2D eigenvalue weighted by atomic mass is 10.0. The van der Waals surface area contributed by atoms with Crippen LogP contribution in [0.25, 0.3) is 11.1 Å². The van der Waals surface area contributed by atoms with Crippen LogP contribution in [0.1, 0.15) is 25.8 Å². The molecule has 0 amide bonds. The lowest BCUT2D eigenvalue weighted by Gasteiger charge is -2.13. The summed E-state index contributed by atoms with van der Waals surface area (Å²) in [5.74, 6) is 0. The first-order valence-electron chi connectivity index (χ1n) is 7.28. The monoisotopic (exact) mass is 287 g/mol. The van der Waals surface area contributed by atoms with Crippen LogP contribution < -0.4 is 5.32 Å². The normalized spacial score (nSPS) is 12.3. The molecule has 0 aliphatic carbocycles. The molecule has 2 heteroatoms. The Morgan fingerprint density at radius 2 is 1.75 bits per heavy atom. The molecule has 1 N–H and O–H groups in total. The second kappa shape index (κ2) is 7.47. The molecule has 2 aromatic rings. The van der Waals surface area contributed by atoms with Gasteiger partial charge in [0, 0.05) is 16.6 Å². The van der Waals surface area contributed by atoms with Crippen molar-refractivity contribution in [2.24, 2.45) is 0 Å². The quantitative estimate of drug-likeness (QED) is 0.794. The number of benzene rings is 2. The van der Waals surface area contributed by atoms with E-state index in [1.54, 1.807) is 0 Å². The number of halogens is 1. The number of hydrogen-bond acceptors (Lipinski definition) is 1. The van der Waals surface area contributed by atoms with Gasteiger partial charge in [0.05, 0.1) is 0 Å². The van der Waals surface area contributed by atoms with Crippen LogP contribution in [0.3, 0.4) is 0 Å². The summed E-state index contributed by atoms with van der Waals surface area (Å²) < 4.78 is 0. The summed E-state index contributed by atoms with van der Waals surface area (Å²) in [5, 5.41) is 4.32. The van der Waals surface area contributed by atoms with Gasteiger partial charge in [-0.1, -0.05) is 61.0 Å². The summed E-state index contributed by atoms with van der Waals surface area (Å²) in [6, 6.07) is 17.2. The Morgan fingerprint density at radius 3 is 2.40 bits per heavy atom. The molecule has 0 aromatic heterocycles. The van der Waals surface area contributed by atoms with E-state index in [1.165, 1.54) is 17.5 Å². The van der Waals surface area contributed by atoms with E-state index in [0.717, 1.165) is 23.6 Å². The first-order valence-corrected chi connectivity index (χ1v) is 7.65. The molecule has 1 unspecified atom stereocenters. The molecule has 20 heavy (non-hydrogen) atoms. The van der Waals surface area contributed by atoms with Gasteiger partial charge in [-0.3, -0.25) is 0 Å². The third-order valence-corrected chi connectivity index (χ3v) is 3.75. The fourth-order valence-corrected chi connectivity index (χ4v) is 2.58. The lowest BCUT2D eigenvalue weighted by molar-refractivity contribution is 0.543. The van der Waals surface area contributed by atoms with Crippen molar-refractivity contribution < 1.29 is 0 Å². The standard InChI is InChI=1S/C18H22ClN/c1-3-12-20-14(2)13-15-8-10-16(11-9-15)17-6-4-5-7-18(17)19/h4-11,14,20H,3,12-13H2,1-2H3. The van der Waals surface area contributed by atoms with Crippen molar-refractivity contribution in [2.75, 3.05) is 6.54 Å². The highest BCUT2D eigenvalue weighted by Gasteiger charge is 2.05. The Kier molecular flexibility index (Phi) is 5.63. The van der Waals surface area contributed by atoms with E-state index >= 15 is 0 Å². The number of hydrogen-bond donors (Lipinski definition) is 1. The van der Waals surface area contributed by atoms with Crippen molar-refractivity contribution in [3.63, 3.8) is 0 Å². The van der Waals surface area contributed by atoms with Crippen molar-refractivity contribution in [3.8, 4) is 11.1 Å². The van der Waals surface area contributed by atoms with Crippen LogP contribution in [-0.4, -0.2) is 12.6 Å². The molecule has 0 saturated heterocycles. The highest BCUT2D eigenvalue weighted by Crippen LogP contribution is 2.27. The lowest BCUT2D eigenvalue weighted by Crippen LogP contribution is -2.28. The van der Waals surface area contributed by atoms with Gasteiger partial charge in [-0.25, -0.2) is 0 Å². The van der Waals surface area contributed by atoms with Gasteiger partial charge in [-0.05, 0) is 43.5 Å². The average Bonchev–Trinajstić information content (AvgIpc) is 2.47. The van der Waals surface area contributed by atoms with Crippen molar-refractivity contribution in [1.29, 1.82) is 0 Å². The van der Waals surface area contributed by atoms with Crippen LogP contribution in [0.15, 0.2) is 48.5 Å². The zero-order valence-corrected chi connectivity index (χ0v) is 13.0. The maximum Gasteiger partial charge on any atom is 0.0484 e. The van der Waals surface area contributed by atoms with Gasteiger partial charge in [-0.15, -0.1) is 0 Å². The smallest absolute Gasteiger partial charge is 0.0484 e. The Labute approximate surface area is 127 Å². The minimum absolute atomic E-state index is 0.515. The van der Waals surface area contributed by atoms with E-state index in [1.807, 2.05) is 18.2 Å². The fourth-order valence-electron chi connectivity index (χ4n) is 2.33. The summed E-state index contributed by atoms with van der Waals surface area (Å²) in [5.41, 5.74) is 3.63. The zero-order chi connectivity index (χ0) is 14.4. The molecule has 1 atom stereocenters. The number of rotatable bonds is 6. The molecule has 2 rings (SSSR count). The van der Waals surface area contributed by atoms with Crippen LogP contribution >= 0.6 is 11.6 Å². The van der Waals surface area contributed by atoms with E-state index in [9.17, 15) is 0 Å². The molecule has 1 nitrogen and oxygen atoms in total. The molecule has 0 spiro atoms. The third kappa shape index (κ3) is 4.09. The topological polar surface area (TPSA) is 12.0 Å². The van der Waals surface area contributed by atoms with Crippen molar-refractivity contribution in [3.05, 3.63) is 59.1 Å². The Morgan fingerprint density at radius 1 is 1.05 bits per heavy atom. The SMILES string of the molecule is CCCNC(C)Cc1ccc(-c2ccccc2Cl)cc1. The molecule has 0 radical (unpaired) electrons. The second-order valence-electron chi connectivity index (χ2n) is 5.24. The van der Waals surface area contributed by atoms with Gasteiger partial charge >= 0.3 is 0 Å². The van der Waals surface area contributed by atoms with Crippen LogP contribution in [0, 0.1) is 0 Å². The van der Waals surface area contributed by atoms with Gasteiger partial charge in [0.25, 0.3) is 0 Å². The second-order valence-corrected chi connectivity index (χ2v) is 5.64. The Balaban J connectivity index is 2.05. The van der Waals surface area contributed by atoms with Crippen LogP contribution in [0.5, 0.6) is 0 Å². The van der Waals surface area contributed by atoms with E-state index in [4.69, 9.17) is 11.6 Å².